The highest BCUT2D eigenvalue weighted by molar-refractivity contribution is 6.16. The molecule has 0 aliphatic rings. The number of carbonyl (C=O) groups excluding carboxylic acids is 1. The van der Waals surface area contributed by atoms with Crippen LogP contribution in [-0.4, -0.2) is 17.9 Å². The predicted octanol–water partition coefficient (Wildman–Crippen LogP) is 3.78. The number of hydrogen-bond donors (Lipinski definition) is 0. The molecule has 3 heteroatoms. The van der Waals surface area contributed by atoms with Gasteiger partial charge in [-0.25, -0.2) is 0 Å². The largest absolute Gasteiger partial charge is 0.496 e. The van der Waals surface area contributed by atoms with Gasteiger partial charge < -0.3 is 4.74 Å². The molecule has 0 spiro atoms. The zero-order valence-corrected chi connectivity index (χ0v) is 12.0. The predicted molar refractivity (Wildman–Crippen MR) is 82.9 cm³/mol. The lowest BCUT2D eigenvalue weighted by Gasteiger charge is -2.10. The number of ether oxygens (including phenoxy) is 1. The molecule has 0 fully saturated rings. The number of hydrogen-bond acceptors (Lipinski definition) is 3. The molecule has 0 aliphatic heterocycles. The molecule has 0 aliphatic carbocycles. The molecule has 0 saturated heterocycles. The van der Waals surface area contributed by atoms with E-state index >= 15 is 0 Å². The Balaban J connectivity index is 2.20. The first kappa shape index (κ1) is 13.3. The summed E-state index contributed by atoms with van der Waals surface area (Å²) in [5, 5.41) is 0.954. The average molecular weight is 277 g/mol. The van der Waals surface area contributed by atoms with Gasteiger partial charge in [-0.15, -0.1) is 0 Å². The van der Waals surface area contributed by atoms with Crippen LogP contribution in [0.5, 0.6) is 5.75 Å². The Morgan fingerprint density at radius 2 is 1.86 bits per heavy atom. The van der Waals surface area contributed by atoms with Gasteiger partial charge in [-0.1, -0.05) is 29.8 Å². The molecule has 0 saturated carbocycles. The van der Waals surface area contributed by atoms with Gasteiger partial charge in [-0.2, -0.15) is 0 Å². The van der Waals surface area contributed by atoms with E-state index in [9.17, 15) is 4.79 Å². The van der Waals surface area contributed by atoms with Crippen molar-refractivity contribution in [2.24, 2.45) is 0 Å². The maximum atomic E-state index is 12.9. The lowest BCUT2D eigenvalue weighted by molar-refractivity contribution is 0.103. The highest BCUT2D eigenvalue weighted by Gasteiger charge is 2.17. The number of aryl methyl sites for hydroxylation is 1. The van der Waals surface area contributed by atoms with Crippen molar-refractivity contribution in [3.05, 3.63) is 71.4 Å². The van der Waals surface area contributed by atoms with Gasteiger partial charge in [0.15, 0.2) is 5.78 Å². The third-order valence-electron chi connectivity index (χ3n) is 3.48. The van der Waals surface area contributed by atoms with Crippen LogP contribution >= 0.6 is 0 Å². The van der Waals surface area contributed by atoms with E-state index in [2.05, 4.69) is 4.98 Å². The van der Waals surface area contributed by atoms with Gasteiger partial charge in [0.1, 0.15) is 5.75 Å². The minimum atomic E-state index is -0.0696. The van der Waals surface area contributed by atoms with Crippen molar-refractivity contribution in [3.63, 3.8) is 0 Å². The third-order valence-corrected chi connectivity index (χ3v) is 3.48. The monoisotopic (exact) mass is 277 g/mol. The van der Waals surface area contributed by atoms with Crippen LogP contribution < -0.4 is 4.74 Å². The van der Waals surface area contributed by atoms with Crippen molar-refractivity contribution >= 4 is 16.7 Å². The molecule has 0 amide bonds. The van der Waals surface area contributed by atoms with Crippen LogP contribution in [0.2, 0.25) is 0 Å². The average Bonchev–Trinajstić information content (AvgIpc) is 2.53. The van der Waals surface area contributed by atoms with Crippen molar-refractivity contribution in [1.29, 1.82) is 0 Å². The Kier molecular flexibility index (Phi) is 3.40. The van der Waals surface area contributed by atoms with E-state index in [0.29, 0.717) is 22.4 Å². The second-order valence-corrected chi connectivity index (χ2v) is 4.91. The number of rotatable bonds is 3. The molecule has 2 aromatic carbocycles. The minimum Gasteiger partial charge on any atom is -0.496 e. The van der Waals surface area contributed by atoms with E-state index in [1.807, 2.05) is 49.4 Å². The first-order valence-corrected chi connectivity index (χ1v) is 6.74. The molecule has 3 aromatic rings. The lowest BCUT2D eigenvalue weighted by atomic mass is 9.98. The highest BCUT2D eigenvalue weighted by Crippen LogP contribution is 2.25. The van der Waals surface area contributed by atoms with Gasteiger partial charge in [0.05, 0.1) is 18.2 Å². The number of carbonyl (C=O) groups is 1. The van der Waals surface area contributed by atoms with E-state index in [1.165, 1.54) is 0 Å². The fourth-order valence-corrected chi connectivity index (χ4v) is 2.43. The van der Waals surface area contributed by atoms with Crippen LogP contribution in [0.3, 0.4) is 0 Å². The maximum Gasteiger partial charge on any atom is 0.198 e. The molecule has 3 nitrogen and oxygen atoms in total. The van der Waals surface area contributed by atoms with Crippen LogP contribution in [0.4, 0.5) is 0 Å². The molecule has 1 aromatic heterocycles. The summed E-state index contributed by atoms with van der Waals surface area (Å²) < 4.78 is 5.31. The Hall–Kier alpha value is -2.68. The van der Waals surface area contributed by atoms with E-state index in [-0.39, 0.29) is 5.78 Å². The fourth-order valence-electron chi connectivity index (χ4n) is 2.43. The van der Waals surface area contributed by atoms with Gasteiger partial charge in [-0.3, -0.25) is 9.78 Å². The fraction of sp³-hybridized carbons (Fsp3) is 0.111. The highest BCUT2D eigenvalue weighted by atomic mass is 16.5. The lowest BCUT2D eigenvalue weighted by Crippen LogP contribution is -2.05. The molecule has 0 unspecified atom stereocenters. The summed E-state index contributed by atoms with van der Waals surface area (Å²) in [5.74, 6) is 0.512. The number of para-hydroxylation sites is 1. The van der Waals surface area contributed by atoms with Gasteiger partial charge in [-0.05, 0) is 31.2 Å². The maximum absolute atomic E-state index is 12.9. The number of methoxy groups -OCH3 is 1. The number of pyridine rings is 1. The molecule has 1 heterocycles. The van der Waals surface area contributed by atoms with E-state index < -0.39 is 0 Å². The number of benzene rings is 2. The van der Waals surface area contributed by atoms with Crippen molar-refractivity contribution < 1.29 is 9.53 Å². The topological polar surface area (TPSA) is 39.2 Å². The summed E-state index contributed by atoms with van der Waals surface area (Å²) >= 11 is 0. The number of ketones is 1. The van der Waals surface area contributed by atoms with E-state index in [0.717, 1.165) is 10.9 Å². The molecule has 104 valence electrons. The summed E-state index contributed by atoms with van der Waals surface area (Å²) in [4.78, 5) is 17.2. The van der Waals surface area contributed by atoms with Crippen molar-refractivity contribution in [3.8, 4) is 5.75 Å². The number of aromatic nitrogens is 1. The molecule has 21 heavy (non-hydrogen) atoms. The molecular formula is C18H15NO2. The number of fused-ring (bicyclic) bond motifs is 1. The minimum absolute atomic E-state index is 0.0696. The zero-order chi connectivity index (χ0) is 14.8. The van der Waals surface area contributed by atoms with Gasteiger partial charge in [0.25, 0.3) is 0 Å². The van der Waals surface area contributed by atoms with Crippen LogP contribution in [0.15, 0.2) is 54.7 Å². The SMILES string of the molecule is COc1ccc(C)cc1C(=O)c1cccc2cccnc12. The summed E-state index contributed by atoms with van der Waals surface area (Å²) in [6.07, 6.45) is 1.70. The van der Waals surface area contributed by atoms with Crippen LogP contribution in [0, 0.1) is 6.92 Å². The van der Waals surface area contributed by atoms with Crippen molar-refractivity contribution in [2.45, 2.75) is 6.92 Å². The van der Waals surface area contributed by atoms with E-state index in [4.69, 9.17) is 4.74 Å². The summed E-state index contributed by atoms with van der Waals surface area (Å²) in [7, 11) is 1.57. The second kappa shape index (κ2) is 5.37. The van der Waals surface area contributed by atoms with Crippen molar-refractivity contribution in [2.75, 3.05) is 7.11 Å². The molecular weight excluding hydrogens is 262 g/mol. The standard InChI is InChI=1S/C18H15NO2/c1-12-8-9-16(21-2)15(11-12)18(20)14-7-3-5-13-6-4-10-19-17(13)14/h3-11H,1-2H3. The van der Waals surface area contributed by atoms with Gasteiger partial charge in [0.2, 0.25) is 0 Å². The Bertz CT molecular complexity index is 819. The van der Waals surface area contributed by atoms with Crippen molar-refractivity contribution in [1.82, 2.24) is 4.98 Å². The quantitative estimate of drug-likeness (QED) is 0.684. The number of nitrogens with zero attached hydrogens (tertiary/aromatic N) is 1. The third kappa shape index (κ3) is 2.38. The molecule has 3 rings (SSSR count). The molecule has 0 radical (unpaired) electrons. The van der Waals surface area contributed by atoms with Gasteiger partial charge in [0, 0.05) is 17.1 Å². The summed E-state index contributed by atoms with van der Waals surface area (Å²) in [6.45, 7) is 1.96. The van der Waals surface area contributed by atoms with Crippen LogP contribution in [-0.2, 0) is 0 Å². The molecule has 0 bridgehead atoms. The van der Waals surface area contributed by atoms with Crippen LogP contribution in [0.25, 0.3) is 10.9 Å². The Labute approximate surface area is 123 Å². The smallest absolute Gasteiger partial charge is 0.198 e. The van der Waals surface area contributed by atoms with E-state index in [1.54, 1.807) is 19.4 Å². The summed E-state index contributed by atoms with van der Waals surface area (Å²) in [5.41, 5.74) is 2.90. The Morgan fingerprint density at radius 3 is 2.67 bits per heavy atom. The molecule has 0 atom stereocenters. The zero-order valence-electron chi connectivity index (χ0n) is 12.0. The molecule has 0 N–H and O–H groups in total. The summed E-state index contributed by atoms with van der Waals surface area (Å²) in [6, 6.07) is 15.0. The normalized spacial score (nSPS) is 10.6. The first-order valence-electron chi connectivity index (χ1n) is 6.74. The van der Waals surface area contributed by atoms with Crippen LogP contribution in [0.1, 0.15) is 21.5 Å². The Morgan fingerprint density at radius 1 is 1.05 bits per heavy atom. The first-order chi connectivity index (χ1) is 10.2. The second-order valence-electron chi connectivity index (χ2n) is 4.91. The van der Waals surface area contributed by atoms with Gasteiger partial charge >= 0.3 is 0 Å².